The van der Waals surface area contributed by atoms with Crippen molar-refractivity contribution >= 4 is 38.5 Å². The summed E-state index contributed by atoms with van der Waals surface area (Å²) in [6.07, 6.45) is 2.19. The maximum absolute atomic E-state index is 5.71. The van der Waals surface area contributed by atoms with Crippen LogP contribution in [0, 0.1) is 3.57 Å². The molecule has 0 saturated carbocycles. The second-order valence-corrected chi connectivity index (χ2v) is 6.35. The van der Waals surface area contributed by atoms with Gasteiger partial charge in [-0.3, -0.25) is 0 Å². The highest BCUT2D eigenvalue weighted by Crippen LogP contribution is 2.26. The summed E-state index contributed by atoms with van der Waals surface area (Å²) in [6.45, 7) is 6.88. The zero-order valence-electron chi connectivity index (χ0n) is 11.0. The summed E-state index contributed by atoms with van der Waals surface area (Å²) in [5, 5.41) is 3.55. The van der Waals surface area contributed by atoms with Gasteiger partial charge in [0.15, 0.2) is 0 Å². The van der Waals surface area contributed by atoms with Crippen molar-refractivity contribution in [2.45, 2.75) is 32.7 Å². The van der Waals surface area contributed by atoms with E-state index >= 15 is 0 Å². The van der Waals surface area contributed by atoms with Crippen LogP contribution in [-0.4, -0.2) is 19.8 Å². The predicted octanol–water partition coefficient (Wildman–Crippen LogP) is 4.52. The van der Waals surface area contributed by atoms with Crippen LogP contribution in [-0.2, 0) is 4.74 Å². The van der Waals surface area contributed by atoms with E-state index in [9.17, 15) is 0 Å². The quantitative estimate of drug-likeness (QED) is 0.488. The molecule has 1 N–H and O–H groups in total. The summed E-state index contributed by atoms with van der Waals surface area (Å²) >= 11 is 5.98. The van der Waals surface area contributed by atoms with Gasteiger partial charge in [-0.15, -0.1) is 0 Å². The molecule has 102 valence electrons. The Morgan fingerprint density at radius 2 is 2.11 bits per heavy atom. The van der Waals surface area contributed by atoms with E-state index in [0.29, 0.717) is 0 Å². The SMILES string of the molecule is CCCNC(COCCC)c1cc(I)ccc1Br. The molecule has 0 aromatic heterocycles. The Kier molecular flexibility index (Phi) is 8.46. The number of hydrogen-bond acceptors (Lipinski definition) is 2. The lowest BCUT2D eigenvalue weighted by molar-refractivity contribution is 0.112. The summed E-state index contributed by atoms with van der Waals surface area (Å²) < 4.78 is 8.11. The first-order valence-corrected chi connectivity index (χ1v) is 8.32. The average molecular weight is 426 g/mol. The average Bonchev–Trinajstić information content (AvgIpc) is 2.37. The summed E-state index contributed by atoms with van der Waals surface area (Å²) in [7, 11) is 0. The molecule has 1 aromatic carbocycles. The molecule has 0 heterocycles. The van der Waals surface area contributed by atoms with Crippen LogP contribution >= 0.6 is 38.5 Å². The number of halogens is 2. The highest BCUT2D eigenvalue weighted by Gasteiger charge is 2.14. The van der Waals surface area contributed by atoms with Crippen LogP contribution in [0.2, 0.25) is 0 Å². The van der Waals surface area contributed by atoms with E-state index in [1.54, 1.807) is 0 Å². The van der Waals surface area contributed by atoms with Crippen molar-refractivity contribution in [2.24, 2.45) is 0 Å². The highest BCUT2D eigenvalue weighted by molar-refractivity contribution is 14.1. The lowest BCUT2D eigenvalue weighted by atomic mass is 10.1. The predicted molar refractivity (Wildman–Crippen MR) is 89.0 cm³/mol. The first kappa shape index (κ1) is 16.4. The van der Waals surface area contributed by atoms with Gasteiger partial charge in [-0.2, -0.15) is 0 Å². The van der Waals surface area contributed by atoms with E-state index in [2.05, 4.69) is 75.9 Å². The highest BCUT2D eigenvalue weighted by atomic mass is 127. The molecule has 0 aliphatic rings. The zero-order valence-corrected chi connectivity index (χ0v) is 14.8. The monoisotopic (exact) mass is 425 g/mol. The third-order valence-corrected chi connectivity index (χ3v) is 4.00. The lowest BCUT2D eigenvalue weighted by Crippen LogP contribution is -2.27. The van der Waals surface area contributed by atoms with Gasteiger partial charge < -0.3 is 10.1 Å². The molecule has 1 aromatic rings. The molecule has 0 radical (unpaired) electrons. The van der Waals surface area contributed by atoms with Crippen molar-refractivity contribution in [1.29, 1.82) is 0 Å². The summed E-state index contributed by atoms with van der Waals surface area (Å²) in [5.74, 6) is 0. The van der Waals surface area contributed by atoms with Crippen LogP contribution in [0.4, 0.5) is 0 Å². The van der Waals surface area contributed by atoms with E-state index in [1.165, 1.54) is 9.13 Å². The minimum atomic E-state index is 0.264. The van der Waals surface area contributed by atoms with Gasteiger partial charge in [0, 0.05) is 14.6 Å². The van der Waals surface area contributed by atoms with Crippen LogP contribution in [0.3, 0.4) is 0 Å². The molecule has 4 heteroatoms. The summed E-state index contributed by atoms with van der Waals surface area (Å²) in [6, 6.07) is 6.70. The fourth-order valence-corrected chi connectivity index (χ4v) is 2.74. The van der Waals surface area contributed by atoms with Gasteiger partial charge in [0.1, 0.15) is 0 Å². The molecule has 0 aliphatic carbocycles. The summed E-state index contributed by atoms with van der Waals surface area (Å²) in [5.41, 5.74) is 1.28. The van der Waals surface area contributed by atoms with Crippen molar-refractivity contribution in [2.75, 3.05) is 19.8 Å². The number of ether oxygens (including phenoxy) is 1. The van der Waals surface area contributed by atoms with Gasteiger partial charge in [0.2, 0.25) is 0 Å². The molecular weight excluding hydrogens is 405 g/mol. The van der Waals surface area contributed by atoms with Crippen molar-refractivity contribution in [1.82, 2.24) is 5.32 Å². The van der Waals surface area contributed by atoms with E-state index in [4.69, 9.17) is 4.74 Å². The number of nitrogens with one attached hydrogen (secondary N) is 1. The molecule has 1 atom stereocenters. The van der Waals surface area contributed by atoms with E-state index in [0.717, 1.165) is 37.1 Å². The molecule has 0 amide bonds. The Balaban J connectivity index is 2.75. The van der Waals surface area contributed by atoms with E-state index < -0.39 is 0 Å². The fraction of sp³-hybridized carbons (Fsp3) is 0.571. The number of hydrogen-bond donors (Lipinski definition) is 1. The molecule has 1 unspecified atom stereocenters. The van der Waals surface area contributed by atoms with Crippen LogP contribution in [0.25, 0.3) is 0 Å². The Hall–Kier alpha value is 0.350. The molecule has 1 rings (SSSR count). The first-order chi connectivity index (χ1) is 8.69. The van der Waals surface area contributed by atoms with Gasteiger partial charge in [0.25, 0.3) is 0 Å². The van der Waals surface area contributed by atoms with Crippen LogP contribution in [0.1, 0.15) is 38.3 Å². The van der Waals surface area contributed by atoms with Gasteiger partial charge in [-0.25, -0.2) is 0 Å². The second kappa shape index (κ2) is 9.28. The molecule has 2 nitrogen and oxygen atoms in total. The maximum Gasteiger partial charge on any atom is 0.0661 e. The smallest absolute Gasteiger partial charge is 0.0661 e. The molecule has 0 spiro atoms. The van der Waals surface area contributed by atoms with E-state index in [-0.39, 0.29) is 6.04 Å². The van der Waals surface area contributed by atoms with Gasteiger partial charge in [0.05, 0.1) is 12.6 Å². The molecule has 18 heavy (non-hydrogen) atoms. The Bertz CT molecular complexity index is 360. The number of benzene rings is 1. The van der Waals surface area contributed by atoms with Crippen molar-refractivity contribution in [3.63, 3.8) is 0 Å². The van der Waals surface area contributed by atoms with Crippen molar-refractivity contribution < 1.29 is 4.74 Å². The summed E-state index contributed by atoms with van der Waals surface area (Å²) in [4.78, 5) is 0. The van der Waals surface area contributed by atoms with Gasteiger partial charge >= 0.3 is 0 Å². The maximum atomic E-state index is 5.71. The van der Waals surface area contributed by atoms with Crippen molar-refractivity contribution in [3.8, 4) is 0 Å². The first-order valence-electron chi connectivity index (χ1n) is 6.45. The van der Waals surface area contributed by atoms with Gasteiger partial charge in [-0.1, -0.05) is 29.8 Å². The van der Waals surface area contributed by atoms with Gasteiger partial charge in [-0.05, 0) is 65.7 Å². The molecule has 0 aliphatic heterocycles. The molecule has 0 fully saturated rings. The molecule has 0 saturated heterocycles. The Morgan fingerprint density at radius 1 is 1.33 bits per heavy atom. The molecule has 0 bridgehead atoms. The molecular formula is C14H21BrINO. The Morgan fingerprint density at radius 3 is 2.78 bits per heavy atom. The zero-order chi connectivity index (χ0) is 13.4. The largest absolute Gasteiger partial charge is 0.379 e. The Labute approximate surface area is 132 Å². The van der Waals surface area contributed by atoms with Crippen LogP contribution in [0.15, 0.2) is 22.7 Å². The van der Waals surface area contributed by atoms with Crippen LogP contribution in [0.5, 0.6) is 0 Å². The standard InChI is InChI=1S/C14H21BrINO/c1-3-7-17-14(10-18-8-4-2)12-9-11(16)5-6-13(12)15/h5-6,9,14,17H,3-4,7-8,10H2,1-2H3. The fourth-order valence-electron chi connectivity index (χ4n) is 1.70. The van der Waals surface area contributed by atoms with E-state index in [1.807, 2.05) is 0 Å². The normalized spacial score (nSPS) is 12.7. The lowest BCUT2D eigenvalue weighted by Gasteiger charge is -2.20. The van der Waals surface area contributed by atoms with Crippen molar-refractivity contribution in [3.05, 3.63) is 31.8 Å². The third kappa shape index (κ3) is 5.55. The minimum Gasteiger partial charge on any atom is -0.379 e. The topological polar surface area (TPSA) is 21.3 Å². The van der Waals surface area contributed by atoms with Crippen LogP contribution < -0.4 is 5.32 Å². The minimum absolute atomic E-state index is 0.264. The second-order valence-electron chi connectivity index (χ2n) is 4.25. The number of rotatable bonds is 8. The third-order valence-electron chi connectivity index (χ3n) is 2.61.